The van der Waals surface area contributed by atoms with Gasteiger partial charge >= 0.3 is 0 Å². The molecule has 1 saturated carbocycles. The van der Waals surface area contributed by atoms with Gasteiger partial charge in [-0.25, -0.2) is 0 Å². The molecule has 0 N–H and O–H groups in total. The van der Waals surface area contributed by atoms with Crippen LogP contribution in [-0.2, 0) is 11.8 Å². The Labute approximate surface area is 146 Å². The zero-order chi connectivity index (χ0) is 16.8. The summed E-state index contributed by atoms with van der Waals surface area (Å²) in [5.74, 6) is 0.661. The second kappa shape index (κ2) is 5.88. The number of rotatable bonds is 3. The zero-order valence-electron chi connectivity index (χ0n) is 13.9. The van der Waals surface area contributed by atoms with Crippen LogP contribution >= 0.6 is 11.6 Å². The van der Waals surface area contributed by atoms with Crippen LogP contribution in [0.3, 0.4) is 0 Å². The van der Waals surface area contributed by atoms with Crippen LogP contribution in [0.15, 0.2) is 24.5 Å². The van der Waals surface area contributed by atoms with Crippen molar-refractivity contribution in [2.45, 2.75) is 38.1 Å². The predicted molar refractivity (Wildman–Crippen MR) is 91.7 cm³/mol. The summed E-state index contributed by atoms with van der Waals surface area (Å²) in [5.41, 5.74) is 3.11. The van der Waals surface area contributed by atoms with Gasteiger partial charge in [-0.05, 0) is 43.7 Å². The summed E-state index contributed by atoms with van der Waals surface area (Å²) >= 11 is 6.44. The third kappa shape index (κ3) is 2.51. The molecule has 3 heterocycles. The van der Waals surface area contributed by atoms with Crippen molar-refractivity contribution >= 4 is 17.5 Å². The standard InChI is InChI=1S/C18H21ClN4O/c1-11-16(17(19)22(2)21-11)15-6-4-8-23(15)18(24)14-9-13(14)12-5-3-7-20-10-12/h3,5,7,10,13-15H,4,6,8-9H2,1-2H3/t13-,14-,15+/m1/s1. The number of hydrogen-bond acceptors (Lipinski definition) is 3. The Morgan fingerprint density at radius 1 is 1.42 bits per heavy atom. The van der Waals surface area contributed by atoms with Gasteiger partial charge in [0.25, 0.3) is 0 Å². The second-order valence-corrected chi connectivity index (χ2v) is 7.20. The number of carbonyl (C=O) groups excluding carboxylic acids is 1. The topological polar surface area (TPSA) is 51.0 Å². The Morgan fingerprint density at radius 2 is 2.25 bits per heavy atom. The van der Waals surface area contributed by atoms with E-state index in [0.29, 0.717) is 11.1 Å². The average molecular weight is 345 g/mol. The quantitative estimate of drug-likeness (QED) is 0.858. The summed E-state index contributed by atoms with van der Waals surface area (Å²) in [4.78, 5) is 19.2. The lowest BCUT2D eigenvalue weighted by Gasteiger charge is -2.25. The van der Waals surface area contributed by atoms with E-state index < -0.39 is 0 Å². The van der Waals surface area contributed by atoms with Crippen molar-refractivity contribution in [3.05, 3.63) is 46.5 Å². The number of carbonyl (C=O) groups is 1. The van der Waals surface area contributed by atoms with Crippen molar-refractivity contribution in [3.8, 4) is 0 Å². The Kier molecular flexibility index (Phi) is 3.83. The maximum atomic E-state index is 13.0. The Morgan fingerprint density at radius 3 is 2.92 bits per heavy atom. The monoisotopic (exact) mass is 344 g/mol. The lowest BCUT2D eigenvalue weighted by molar-refractivity contribution is -0.133. The molecule has 2 aliphatic rings. The molecule has 2 aromatic heterocycles. The maximum absolute atomic E-state index is 13.0. The molecule has 5 nitrogen and oxygen atoms in total. The van der Waals surface area contributed by atoms with Crippen molar-refractivity contribution in [2.24, 2.45) is 13.0 Å². The number of aromatic nitrogens is 3. The fraction of sp³-hybridized carbons (Fsp3) is 0.500. The molecule has 0 spiro atoms. The van der Waals surface area contributed by atoms with Gasteiger partial charge in [-0.3, -0.25) is 14.5 Å². The second-order valence-electron chi connectivity index (χ2n) is 6.84. The molecule has 0 radical (unpaired) electrons. The highest BCUT2D eigenvalue weighted by Gasteiger charge is 2.48. The summed E-state index contributed by atoms with van der Waals surface area (Å²) in [7, 11) is 1.85. The van der Waals surface area contributed by atoms with Crippen molar-refractivity contribution in [3.63, 3.8) is 0 Å². The van der Waals surface area contributed by atoms with E-state index >= 15 is 0 Å². The van der Waals surface area contributed by atoms with Gasteiger partial charge in [0.05, 0.1) is 11.7 Å². The van der Waals surface area contributed by atoms with Gasteiger partial charge in [0, 0.05) is 37.5 Å². The summed E-state index contributed by atoms with van der Waals surface area (Å²) in [5, 5.41) is 5.06. The molecule has 2 aromatic rings. The minimum atomic E-state index is 0.0637. The molecular weight excluding hydrogens is 324 g/mol. The van der Waals surface area contributed by atoms with E-state index in [-0.39, 0.29) is 17.9 Å². The van der Waals surface area contributed by atoms with E-state index in [1.54, 1.807) is 10.9 Å². The van der Waals surface area contributed by atoms with E-state index in [9.17, 15) is 4.79 Å². The first-order valence-corrected chi connectivity index (χ1v) is 8.85. The molecule has 2 fully saturated rings. The van der Waals surface area contributed by atoms with Gasteiger partial charge in [-0.2, -0.15) is 5.10 Å². The lowest BCUT2D eigenvalue weighted by atomic mass is 10.0. The third-order valence-electron chi connectivity index (χ3n) is 5.29. The molecule has 1 aliphatic heterocycles. The van der Waals surface area contributed by atoms with Crippen molar-refractivity contribution < 1.29 is 4.79 Å². The molecule has 1 saturated heterocycles. The van der Waals surface area contributed by atoms with Gasteiger partial charge in [-0.15, -0.1) is 0 Å². The first kappa shape index (κ1) is 15.6. The van der Waals surface area contributed by atoms with E-state index in [2.05, 4.69) is 16.1 Å². The van der Waals surface area contributed by atoms with Crippen LogP contribution in [0.2, 0.25) is 5.15 Å². The summed E-state index contributed by atoms with van der Waals surface area (Å²) in [6.07, 6.45) is 6.55. The van der Waals surface area contributed by atoms with Gasteiger partial charge in [0.2, 0.25) is 5.91 Å². The van der Waals surface area contributed by atoms with Crippen LogP contribution < -0.4 is 0 Å². The zero-order valence-corrected chi connectivity index (χ0v) is 14.7. The molecule has 1 aliphatic carbocycles. The highest BCUT2D eigenvalue weighted by atomic mass is 35.5. The molecule has 0 unspecified atom stereocenters. The van der Waals surface area contributed by atoms with Crippen LogP contribution in [0.25, 0.3) is 0 Å². The molecule has 4 rings (SSSR count). The number of nitrogens with zero attached hydrogens (tertiary/aromatic N) is 4. The molecule has 6 heteroatoms. The molecule has 24 heavy (non-hydrogen) atoms. The molecule has 3 atom stereocenters. The van der Waals surface area contributed by atoms with Crippen LogP contribution in [0.4, 0.5) is 0 Å². The Bertz CT molecular complexity index is 773. The summed E-state index contributed by atoms with van der Waals surface area (Å²) in [6, 6.07) is 4.06. The number of halogens is 1. The first-order valence-electron chi connectivity index (χ1n) is 8.47. The number of pyridine rings is 1. The minimum absolute atomic E-state index is 0.0637. The Hall–Kier alpha value is -1.88. The molecular formula is C18H21ClN4O. The molecule has 1 amide bonds. The maximum Gasteiger partial charge on any atom is 0.226 e. The fourth-order valence-corrected chi connectivity index (χ4v) is 4.30. The molecule has 0 bridgehead atoms. The van der Waals surface area contributed by atoms with Gasteiger partial charge in [0.1, 0.15) is 5.15 Å². The van der Waals surface area contributed by atoms with E-state index in [1.807, 2.05) is 31.1 Å². The van der Waals surface area contributed by atoms with Gasteiger partial charge in [-0.1, -0.05) is 17.7 Å². The predicted octanol–water partition coefficient (Wildman–Crippen LogP) is 3.24. The van der Waals surface area contributed by atoms with Crippen molar-refractivity contribution in [2.75, 3.05) is 6.54 Å². The SMILES string of the molecule is Cc1nn(C)c(Cl)c1[C@@H]1CCCN1C(=O)[C@@H]1C[C@@H]1c1cccnc1. The van der Waals surface area contributed by atoms with E-state index in [0.717, 1.165) is 37.1 Å². The third-order valence-corrected chi connectivity index (χ3v) is 5.73. The van der Waals surface area contributed by atoms with Gasteiger partial charge in [0.15, 0.2) is 0 Å². The summed E-state index contributed by atoms with van der Waals surface area (Å²) < 4.78 is 1.70. The van der Waals surface area contributed by atoms with E-state index in [1.165, 1.54) is 5.56 Å². The molecule has 126 valence electrons. The van der Waals surface area contributed by atoms with Crippen molar-refractivity contribution in [1.29, 1.82) is 0 Å². The van der Waals surface area contributed by atoms with Crippen molar-refractivity contribution in [1.82, 2.24) is 19.7 Å². The lowest BCUT2D eigenvalue weighted by Crippen LogP contribution is -2.32. The first-order chi connectivity index (χ1) is 11.6. The normalized spacial score (nSPS) is 26.0. The van der Waals surface area contributed by atoms with E-state index in [4.69, 9.17) is 11.6 Å². The fourth-order valence-electron chi connectivity index (χ4n) is 4.00. The minimum Gasteiger partial charge on any atom is -0.335 e. The number of aryl methyl sites for hydroxylation is 2. The number of amides is 1. The summed E-state index contributed by atoms with van der Waals surface area (Å²) in [6.45, 7) is 2.78. The molecule has 0 aromatic carbocycles. The highest BCUT2D eigenvalue weighted by molar-refractivity contribution is 6.30. The Balaban J connectivity index is 1.55. The van der Waals surface area contributed by atoms with Crippen LogP contribution in [0, 0.1) is 12.8 Å². The van der Waals surface area contributed by atoms with Gasteiger partial charge < -0.3 is 4.90 Å². The van der Waals surface area contributed by atoms with Crippen LogP contribution in [0.1, 0.15) is 48.0 Å². The number of likely N-dealkylation sites (tertiary alicyclic amines) is 1. The highest BCUT2D eigenvalue weighted by Crippen LogP contribution is 2.50. The average Bonchev–Trinajstić information content (AvgIpc) is 3.18. The number of hydrogen-bond donors (Lipinski definition) is 0. The van der Waals surface area contributed by atoms with Crippen LogP contribution in [-0.4, -0.2) is 32.1 Å². The van der Waals surface area contributed by atoms with Crippen LogP contribution in [0.5, 0.6) is 0 Å². The smallest absolute Gasteiger partial charge is 0.226 e. The largest absolute Gasteiger partial charge is 0.335 e.